The van der Waals surface area contributed by atoms with E-state index in [0.29, 0.717) is 5.56 Å². The van der Waals surface area contributed by atoms with Crippen molar-refractivity contribution in [3.8, 4) is 0 Å². The quantitative estimate of drug-likeness (QED) is 0.377. The number of nitrogens with zero attached hydrogens (tertiary/aromatic N) is 2. The fourth-order valence-corrected chi connectivity index (χ4v) is 2.15. The number of ether oxygens (including phenoxy) is 1. The maximum atomic E-state index is 11.9. The predicted octanol–water partition coefficient (Wildman–Crippen LogP) is 3.25. The molecule has 0 atom stereocenters. The van der Waals surface area contributed by atoms with E-state index < -0.39 is 10.9 Å². The number of rotatable bonds is 3. The minimum absolute atomic E-state index is 0.0330. The Morgan fingerprint density at radius 3 is 2.48 bits per heavy atom. The van der Waals surface area contributed by atoms with Crippen molar-refractivity contribution in [2.24, 2.45) is 4.99 Å². The zero-order valence-corrected chi connectivity index (χ0v) is 12.2. The maximum Gasteiger partial charge on any atom is 0.363 e. The minimum Gasteiger partial charge on any atom is -0.402 e. The zero-order chi connectivity index (χ0) is 16.4. The monoisotopic (exact) mass is 308 g/mol. The second-order valence-corrected chi connectivity index (χ2v) is 5.00. The van der Waals surface area contributed by atoms with Crippen molar-refractivity contribution < 1.29 is 14.5 Å². The molecule has 1 aliphatic rings. The Bertz CT molecular complexity index is 851. The highest BCUT2D eigenvalue weighted by Gasteiger charge is 2.24. The molecule has 0 N–H and O–H groups in total. The van der Waals surface area contributed by atoms with Crippen molar-refractivity contribution in [3.63, 3.8) is 0 Å². The molecule has 0 saturated carbocycles. The maximum absolute atomic E-state index is 11.9. The summed E-state index contributed by atoms with van der Waals surface area (Å²) < 4.78 is 5.15. The van der Waals surface area contributed by atoms with E-state index >= 15 is 0 Å². The summed E-state index contributed by atoms with van der Waals surface area (Å²) >= 11 is 0. The molecule has 2 aromatic rings. The number of aliphatic imine (C=N–C) groups is 1. The fraction of sp³-hybridized carbons (Fsp3) is 0.0588. The standard InChI is InChI=1S/C17H12N2O4/c1-11-4-2-3-5-13(11)10-15-17(20)23-16(18-15)12-6-8-14(9-7-12)19(21)22/h2-10H,1H3/b15-10-. The number of non-ortho nitro benzene ring substituents is 1. The van der Waals surface area contributed by atoms with Crippen molar-refractivity contribution in [2.45, 2.75) is 6.92 Å². The van der Waals surface area contributed by atoms with Gasteiger partial charge in [0.1, 0.15) is 0 Å². The molecular weight excluding hydrogens is 296 g/mol. The van der Waals surface area contributed by atoms with Crippen LogP contribution < -0.4 is 0 Å². The highest BCUT2D eigenvalue weighted by atomic mass is 16.6. The van der Waals surface area contributed by atoms with E-state index in [1.54, 1.807) is 6.08 Å². The average Bonchev–Trinajstić information content (AvgIpc) is 2.91. The molecule has 23 heavy (non-hydrogen) atoms. The first-order valence-electron chi connectivity index (χ1n) is 6.87. The highest BCUT2D eigenvalue weighted by molar-refractivity contribution is 6.12. The Labute approximate surface area is 131 Å². The summed E-state index contributed by atoms with van der Waals surface area (Å²) in [4.78, 5) is 26.3. The van der Waals surface area contributed by atoms with Crippen molar-refractivity contribution in [2.75, 3.05) is 0 Å². The molecule has 0 saturated heterocycles. The third-order valence-electron chi connectivity index (χ3n) is 3.43. The number of nitro benzene ring substituents is 1. The molecule has 0 unspecified atom stereocenters. The van der Waals surface area contributed by atoms with E-state index in [1.165, 1.54) is 24.3 Å². The lowest BCUT2D eigenvalue weighted by atomic mass is 10.1. The van der Waals surface area contributed by atoms with Crippen molar-refractivity contribution in [3.05, 3.63) is 81.0 Å². The SMILES string of the molecule is Cc1ccccc1/C=C1\N=C(c2ccc([N+](=O)[O-])cc2)OC1=O. The number of aryl methyl sites for hydroxylation is 1. The second kappa shape index (κ2) is 5.84. The van der Waals surface area contributed by atoms with Crippen molar-refractivity contribution in [1.82, 2.24) is 0 Å². The molecule has 3 rings (SSSR count). The Morgan fingerprint density at radius 2 is 1.83 bits per heavy atom. The summed E-state index contributed by atoms with van der Waals surface area (Å²) in [7, 11) is 0. The lowest BCUT2D eigenvalue weighted by molar-refractivity contribution is -0.384. The number of cyclic esters (lactones) is 1. The van der Waals surface area contributed by atoms with E-state index in [2.05, 4.69) is 4.99 Å². The topological polar surface area (TPSA) is 81.8 Å². The van der Waals surface area contributed by atoms with E-state index in [4.69, 9.17) is 4.74 Å². The summed E-state index contributed by atoms with van der Waals surface area (Å²) in [6, 6.07) is 13.3. The molecule has 6 nitrogen and oxygen atoms in total. The smallest absolute Gasteiger partial charge is 0.363 e. The van der Waals surface area contributed by atoms with Gasteiger partial charge in [-0.1, -0.05) is 24.3 Å². The molecule has 0 amide bonds. The molecule has 114 valence electrons. The van der Waals surface area contributed by atoms with Crippen LogP contribution in [0.15, 0.2) is 59.2 Å². The van der Waals surface area contributed by atoms with Crippen LogP contribution in [0.5, 0.6) is 0 Å². The molecule has 1 aliphatic heterocycles. The lowest BCUT2D eigenvalue weighted by Crippen LogP contribution is -2.05. The van der Waals surface area contributed by atoms with Crippen LogP contribution in [0.2, 0.25) is 0 Å². The van der Waals surface area contributed by atoms with Gasteiger partial charge in [-0.15, -0.1) is 0 Å². The Kier molecular flexibility index (Phi) is 3.72. The number of nitro groups is 1. The van der Waals surface area contributed by atoms with E-state index in [1.807, 2.05) is 31.2 Å². The number of hydrogen-bond donors (Lipinski definition) is 0. The van der Waals surface area contributed by atoms with Gasteiger partial charge in [0.2, 0.25) is 5.90 Å². The summed E-state index contributed by atoms with van der Waals surface area (Å²) in [5.41, 5.74) is 2.58. The van der Waals surface area contributed by atoms with Gasteiger partial charge < -0.3 is 4.74 Å². The molecule has 2 aromatic carbocycles. The number of hydrogen-bond acceptors (Lipinski definition) is 5. The van der Waals surface area contributed by atoms with Crippen LogP contribution in [0, 0.1) is 17.0 Å². The van der Waals surface area contributed by atoms with Gasteiger partial charge in [0.05, 0.1) is 4.92 Å². The van der Waals surface area contributed by atoms with Gasteiger partial charge in [-0.05, 0) is 36.3 Å². The Morgan fingerprint density at radius 1 is 1.13 bits per heavy atom. The van der Waals surface area contributed by atoms with Crippen molar-refractivity contribution >= 4 is 23.6 Å². The van der Waals surface area contributed by atoms with Crippen LogP contribution in [0.25, 0.3) is 6.08 Å². The van der Waals surface area contributed by atoms with Gasteiger partial charge in [0.25, 0.3) is 5.69 Å². The van der Waals surface area contributed by atoms with Gasteiger partial charge in [0.15, 0.2) is 5.70 Å². The predicted molar refractivity (Wildman–Crippen MR) is 84.9 cm³/mol. The molecule has 0 fully saturated rings. The highest BCUT2D eigenvalue weighted by Crippen LogP contribution is 2.21. The van der Waals surface area contributed by atoms with Gasteiger partial charge in [-0.2, -0.15) is 0 Å². The number of carbonyl (C=O) groups excluding carboxylic acids is 1. The van der Waals surface area contributed by atoms with Gasteiger partial charge in [-0.25, -0.2) is 9.79 Å². The van der Waals surface area contributed by atoms with E-state index in [-0.39, 0.29) is 17.3 Å². The Hall–Kier alpha value is -3.28. The van der Waals surface area contributed by atoms with Crippen LogP contribution in [-0.2, 0) is 9.53 Å². The first-order chi connectivity index (χ1) is 11.0. The summed E-state index contributed by atoms with van der Waals surface area (Å²) in [6.07, 6.45) is 1.66. The molecule has 0 radical (unpaired) electrons. The van der Waals surface area contributed by atoms with Crippen LogP contribution >= 0.6 is 0 Å². The molecular formula is C17H12N2O4. The number of carbonyl (C=O) groups is 1. The van der Waals surface area contributed by atoms with Crippen LogP contribution in [-0.4, -0.2) is 16.8 Å². The first-order valence-corrected chi connectivity index (χ1v) is 6.87. The third kappa shape index (κ3) is 3.01. The summed E-state index contributed by atoms with van der Waals surface area (Å²) in [5, 5.41) is 10.7. The molecule has 1 heterocycles. The van der Waals surface area contributed by atoms with Crippen molar-refractivity contribution in [1.29, 1.82) is 0 Å². The first kappa shape index (κ1) is 14.6. The third-order valence-corrected chi connectivity index (χ3v) is 3.43. The largest absolute Gasteiger partial charge is 0.402 e. The van der Waals surface area contributed by atoms with Crippen LogP contribution in [0.1, 0.15) is 16.7 Å². The molecule has 6 heteroatoms. The van der Waals surface area contributed by atoms with Gasteiger partial charge >= 0.3 is 5.97 Å². The normalized spacial score (nSPS) is 15.4. The van der Waals surface area contributed by atoms with Crippen LogP contribution in [0.4, 0.5) is 5.69 Å². The zero-order valence-electron chi connectivity index (χ0n) is 12.2. The minimum atomic E-state index is -0.540. The van der Waals surface area contributed by atoms with E-state index in [9.17, 15) is 14.9 Å². The van der Waals surface area contributed by atoms with Crippen LogP contribution in [0.3, 0.4) is 0 Å². The number of esters is 1. The molecule has 0 bridgehead atoms. The Balaban J connectivity index is 1.92. The second-order valence-electron chi connectivity index (χ2n) is 5.00. The lowest BCUT2D eigenvalue weighted by Gasteiger charge is -1.98. The fourth-order valence-electron chi connectivity index (χ4n) is 2.15. The molecule has 0 spiro atoms. The van der Waals surface area contributed by atoms with Gasteiger partial charge in [0, 0.05) is 17.7 Å². The number of benzene rings is 2. The molecule has 0 aliphatic carbocycles. The average molecular weight is 308 g/mol. The van der Waals surface area contributed by atoms with Gasteiger partial charge in [-0.3, -0.25) is 10.1 Å². The summed E-state index contributed by atoms with van der Waals surface area (Å²) in [5.74, 6) is -0.397. The van der Waals surface area contributed by atoms with E-state index in [0.717, 1.165) is 11.1 Å². The summed E-state index contributed by atoms with van der Waals surface area (Å²) in [6.45, 7) is 1.94. The molecule has 0 aromatic heterocycles.